The highest BCUT2D eigenvalue weighted by atomic mass is 35.5. The molecule has 16 heavy (non-hydrogen) atoms. The normalized spacial score (nSPS) is 11.1. The van der Waals surface area contributed by atoms with Crippen LogP contribution in [0.2, 0.25) is 0 Å². The topological polar surface area (TPSA) is 44.1 Å². The zero-order valence-corrected chi connectivity index (χ0v) is 10.1. The largest absolute Gasteiger partial charge is 0.378 e. The number of thiophene rings is 1. The molecule has 2 aromatic rings. The Labute approximate surface area is 101 Å². The number of nitrogens with zero attached hydrogens (tertiary/aromatic N) is 2. The van der Waals surface area contributed by atoms with Crippen LogP contribution in [0.25, 0.3) is 10.2 Å². The zero-order chi connectivity index (χ0) is 11.4. The van der Waals surface area contributed by atoms with Gasteiger partial charge in [0.2, 0.25) is 0 Å². The van der Waals surface area contributed by atoms with E-state index in [0.717, 1.165) is 4.83 Å². The molecule has 0 amide bonds. The molecule has 0 unspecified atom stereocenters. The van der Waals surface area contributed by atoms with Crippen molar-refractivity contribution >= 4 is 33.2 Å². The SMILES string of the molecule is O=c1c2ccsc2ncn1CCOCCCl. The Morgan fingerprint density at radius 2 is 2.38 bits per heavy atom. The number of alkyl halides is 1. The molecule has 2 heterocycles. The van der Waals surface area contributed by atoms with Gasteiger partial charge >= 0.3 is 0 Å². The Hall–Kier alpha value is -0.910. The standard InChI is InChI=1S/C10H11ClN2O2S/c11-2-4-15-5-3-13-7-12-9-8(10(13)14)1-6-16-9/h1,6-7H,2-5H2. The summed E-state index contributed by atoms with van der Waals surface area (Å²) in [5.74, 6) is 0.469. The van der Waals surface area contributed by atoms with Crippen molar-refractivity contribution < 1.29 is 4.74 Å². The fraction of sp³-hybridized carbons (Fsp3) is 0.400. The highest BCUT2D eigenvalue weighted by Gasteiger charge is 2.04. The second kappa shape index (κ2) is 5.43. The fourth-order valence-electron chi connectivity index (χ4n) is 1.37. The third-order valence-corrected chi connectivity index (χ3v) is 3.12. The van der Waals surface area contributed by atoms with Gasteiger partial charge in [-0.2, -0.15) is 0 Å². The summed E-state index contributed by atoms with van der Waals surface area (Å²) >= 11 is 6.94. The summed E-state index contributed by atoms with van der Waals surface area (Å²) < 4.78 is 6.78. The maximum absolute atomic E-state index is 11.9. The van der Waals surface area contributed by atoms with Crippen molar-refractivity contribution in [3.8, 4) is 0 Å². The molecule has 0 N–H and O–H groups in total. The molecule has 2 aromatic heterocycles. The van der Waals surface area contributed by atoms with Crippen LogP contribution >= 0.6 is 22.9 Å². The van der Waals surface area contributed by atoms with E-state index in [-0.39, 0.29) is 5.56 Å². The maximum atomic E-state index is 11.9. The molecule has 0 aliphatic carbocycles. The number of aromatic nitrogens is 2. The molecule has 6 heteroatoms. The van der Waals surface area contributed by atoms with E-state index in [4.69, 9.17) is 16.3 Å². The first-order chi connectivity index (χ1) is 7.83. The second-order valence-corrected chi connectivity index (χ2v) is 4.46. The Bertz CT molecular complexity index is 523. The Morgan fingerprint density at radius 1 is 1.50 bits per heavy atom. The molecule has 0 spiro atoms. The molecule has 0 fully saturated rings. The summed E-state index contributed by atoms with van der Waals surface area (Å²) in [6.45, 7) is 1.49. The minimum Gasteiger partial charge on any atom is -0.378 e. The monoisotopic (exact) mass is 258 g/mol. The van der Waals surface area contributed by atoms with E-state index in [9.17, 15) is 4.79 Å². The molecular weight excluding hydrogens is 248 g/mol. The maximum Gasteiger partial charge on any atom is 0.262 e. The lowest BCUT2D eigenvalue weighted by Gasteiger charge is -2.05. The van der Waals surface area contributed by atoms with Gasteiger partial charge < -0.3 is 4.74 Å². The van der Waals surface area contributed by atoms with E-state index in [0.29, 0.717) is 31.0 Å². The van der Waals surface area contributed by atoms with Gasteiger partial charge in [0.05, 0.1) is 31.5 Å². The molecule has 0 bridgehead atoms. The minimum atomic E-state index is -0.0132. The van der Waals surface area contributed by atoms with Crippen LogP contribution in [0.15, 0.2) is 22.6 Å². The van der Waals surface area contributed by atoms with Gasteiger partial charge in [0, 0.05) is 5.88 Å². The summed E-state index contributed by atoms with van der Waals surface area (Å²) in [4.78, 5) is 16.9. The lowest BCUT2D eigenvalue weighted by atomic mass is 10.4. The number of halogens is 1. The number of hydrogen-bond acceptors (Lipinski definition) is 4. The van der Waals surface area contributed by atoms with Gasteiger partial charge in [-0.1, -0.05) is 0 Å². The van der Waals surface area contributed by atoms with E-state index in [1.54, 1.807) is 17.0 Å². The highest BCUT2D eigenvalue weighted by molar-refractivity contribution is 7.16. The molecular formula is C10H11ClN2O2S. The molecule has 0 radical (unpaired) electrons. The molecule has 0 aromatic carbocycles. The van der Waals surface area contributed by atoms with Gasteiger partial charge in [-0.3, -0.25) is 9.36 Å². The lowest BCUT2D eigenvalue weighted by Crippen LogP contribution is -2.22. The van der Waals surface area contributed by atoms with Crippen molar-refractivity contribution in [1.82, 2.24) is 9.55 Å². The first-order valence-corrected chi connectivity index (χ1v) is 6.30. The first kappa shape index (κ1) is 11.6. The van der Waals surface area contributed by atoms with Crippen LogP contribution in [-0.4, -0.2) is 28.6 Å². The van der Waals surface area contributed by atoms with E-state index in [2.05, 4.69) is 4.98 Å². The van der Waals surface area contributed by atoms with Crippen LogP contribution in [0.3, 0.4) is 0 Å². The highest BCUT2D eigenvalue weighted by Crippen LogP contribution is 2.12. The van der Waals surface area contributed by atoms with Crippen molar-refractivity contribution in [1.29, 1.82) is 0 Å². The average molecular weight is 259 g/mol. The van der Waals surface area contributed by atoms with Crippen LogP contribution in [0.1, 0.15) is 0 Å². The predicted octanol–water partition coefficient (Wildman–Crippen LogP) is 1.71. The minimum absolute atomic E-state index is 0.0132. The van der Waals surface area contributed by atoms with Gasteiger partial charge in [-0.15, -0.1) is 22.9 Å². The summed E-state index contributed by atoms with van der Waals surface area (Å²) in [7, 11) is 0. The Morgan fingerprint density at radius 3 is 3.19 bits per heavy atom. The van der Waals surface area contributed by atoms with Crippen LogP contribution in [0, 0.1) is 0 Å². The quantitative estimate of drug-likeness (QED) is 0.606. The number of fused-ring (bicyclic) bond motifs is 1. The molecule has 0 atom stereocenters. The van der Waals surface area contributed by atoms with Gasteiger partial charge in [-0.05, 0) is 11.4 Å². The molecule has 0 saturated heterocycles. The van der Waals surface area contributed by atoms with E-state index < -0.39 is 0 Å². The molecule has 0 saturated carbocycles. The molecule has 86 valence electrons. The van der Waals surface area contributed by atoms with Crippen LogP contribution in [-0.2, 0) is 11.3 Å². The van der Waals surface area contributed by atoms with Crippen molar-refractivity contribution in [2.75, 3.05) is 19.1 Å². The average Bonchev–Trinajstić information content (AvgIpc) is 2.76. The molecule has 0 aliphatic rings. The van der Waals surface area contributed by atoms with Crippen LogP contribution < -0.4 is 5.56 Å². The van der Waals surface area contributed by atoms with Crippen molar-refractivity contribution in [2.45, 2.75) is 6.54 Å². The zero-order valence-electron chi connectivity index (χ0n) is 8.56. The number of hydrogen-bond donors (Lipinski definition) is 0. The number of ether oxygens (including phenoxy) is 1. The van der Waals surface area contributed by atoms with Gasteiger partial charge in [0.1, 0.15) is 4.83 Å². The molecule has 2 rings (SSSR count). The van der Waals surface area contributed by atoms with Crippen molar-refractivity contribution in [2.24, 2.45) is 0 Å². The Balaban J connectivity index is 2.12. The van der Waals surface area contributed by atoms with E-state index in [1.807, 2.05) is 5.38 Å². The van der Waals surface area contributed by atoms with Crippen molar-refractivity contribution in [3.63, 3.8) is 0 Å². The third kappa shape index (κ3) is 2.42. The van der Waals surface area contributed by atoms with Crippen molar-refractivity contribution in [3.05, 3.63) is 28.1 Å². The van der Waals surface area contributed by atoms with Crippen LogP contribution in [0.4, 0.5) is 0 Å². The van der Waals surface area contributed by atoms with Gasteiger partial charge in [0.25, 0.3) is 5.56 Å². The molecule has 4 nitrogen and oxygen atoms in total. The smallest absolute Gasteiger partial charge is 0.262 e. The van der Waals surface area contributed by atoms with Gasteiger partial charge in [0.15, 0.2) is 0 Å². The third-order valence-electron chi connectivity index (χ3n) is 2.15. The second-order valence-electron chi connectivity index (χ2n) is 3.18. The van der Waals surface area contributed by atoms with E-state index >= 15 is 0 Å². The summed E-state index contributed by atoms with van der Waals surface area (Å²) in [5, 5.41) is 2.54. The van der Waals surface area contributed by atoms with E-state index in [1.165, 1.54) is 11.3 Å². The molecule has 0 aliphatic heterocycles. The Kier molecular flexibility index (Phi) is 3.93. The van der Waals surface area contributed by atoms with Crippen LogP contribution in [0.5, 0.6) is 0 Å². The van der Waals surface area contributed by atoms with Gasteiger partial charge in [-0.25, -0.2) is 4.98 Å². The summed E-state index contributed by atoms with van der Waals surface area (Å²) in [5.41, 5.74) is -0.0132. The lowest BCUT2D eigenvalue weighted by molar-refractivity contribution is 0.140. The first-order valence-electron chi connectivity index (χ1n) is 4.89. The summed E-state index contributed by atoms with van der Waals surface area (Å²) in [6.07, 6.45) is 1.56. The summed E-state index contributed by atoms with van der Waals surface area (Å²) in [6, 6.07) is 1.80. The predicted molar refractivity (Wildman–Crippen MR) is 65.4 cm³/mol. The fourth-order valence-corrected chi connectivity index (χ4v) is 2.20. The number of rotatable bonds is 5.